The van der Waals surface area contributed by atoms with Gasteiger partial charge in [-0.15, -0.1) is 48.1 Å². The molecule has 0 spiro atoms. The number of hydrogen-bond acceptors (Lipinski definition) is 4. The Hall–Kier alpha value is -7.20. The van der Waals surface area contributed by atoms with Gasteiger partial charge in [0.15, 0.2) is 0 Å². The van der Waals surface area contributed by atoms with Crippen LogP contribution in [0.15, 0.2) is 200 Å². The number of benzene rings is 8. The Morgan fingerprint density at radius 3 is 2.04 bits per heavy atom. The van der Waals surface area contributed by atoms with E-state index in [0.717, 1.165) is 33.6 Å². The van der Waals surface area contributed by atoms with Gasteiger partial charge in [-0.2, -0.15) is 12.1 Å². The Balaban J connectivity index is 0.00000704. The van der Waals surface area contributed by atoms with Crippen LogP contribution in [0.1, 0.15) is 67.8 Å². The summed E-state index contributed by atoms with van der Waals surface area (Å²) in [5, 5.41) is 0.523. The van der Waals surface area contributed by atoms with Crippen LogP contribution in [-0.2, 0) is 31.9 Å². The molecule has 3 heterocycles. The van der Waals surface area contributed by atoms with Crippen molar-refractivity contribution in [2.75, 3.05) is 9.80 Å². The maximum absolute atomic E-state index is 9.70. The van der Waals surface area contributed by atoms with E-state index in [4.69, 9.17) is 18.4 Å². The minimum Gasteiger partial charge on any atom is -0.509 e. The zero-order valence-electron chi connectivity index (χ0n) is 49.2. The van der Waals surface area contributed by atoms with Gasteiger partial charge in [-0.05, 0) is 68.9 Å². The first-order chi connectivity index (χ1) is 37.1. The predicted molar refractivity (Wildman–Crippen MR) is 272 cm³/mol. The molecule has 1 aliphatic rings. The van der Waals surface area contributed by atoms with E-state index in [-0.39, 0.29) is 108 Å². The minimum absolute atomic E-state index is 0. The fraction of sp³-hybridized carbons (Fsp3) is 0.115. The molecule has 0 N–H and O–H groups in total. The predicted octanol–water partition coefficient (Wildman–Crippen LogP) is 15.9. The van der Waals surface area contributed by atoms with Gasteiger partial charge in [0.2, 0.25) is 0 Å². The summed E-state index contributed by atoms with van der Waals surface area (Å²) in [5.74, 6) is 0.307. The second-order valence-electron chi connectivity index (χ2n) is 17.7. The number of rotatable bonds is 9. The van der Waals surface area contributed by atoms with Crippen molar-refractivity contribution in [3.63, 3.8) is 0 Å². The SMILES string of the molecule is [2H]c1nc(-n2c3[c-]c(Oc4[c-]c(N5[CH-]N(c6c(-c7cccc(C(C)(C)C)c7)cccc6-c6c([2H])c([2H])c([2H])c([2H])c6[2H])c6ccccc65)ccc4)ccc3c3c([2H])c([2H])c([2H])c([2H])c32)c([2H])c(C(C)(C)c2ccccc2)c1[2H].[Pt]. The zero-order valence-corrected chi connectivity index (χ0v) is 39.5. The van der Waals surface area contributed by atoms with Crippen LogP contribution < -0.4 is 14.5 Å². The number of nitrogens with zero attached hydrogens (tertiary/aromatic N) is 4. The van der Waals surface area contributed by atoms with Crippen molar-refractivity contribution in [2.45, 2.75) is 45.4 Å². The molecule has 0 atom stereocenters. The summed E-state index contributed by atoms with van der Waals surface area (Å²) in [7, 11) is 0. The number of anilines is 4. The molecule has 0 saturated carbocycles. The maximum Gasteiger partial charge on any atom is 0.135 e. The summed E-state index contributed by atoms with van der Waals surface area (Å²) in [5.41, 5.74) is 5.87. The smallest absolute Gasteiger partial charge is 0.135 e. The Labute approximate surface area is 425 Å². The van der Waals surface area contributed by atoms with Crippen LogP contribution in [0, 0.1) is 18.8 Å². The molecule has 0 unspecified atom stereocenters. The molecular weight excluding hydrogens is 1000 g/mol. The molecule has 0 fully saturated rings. The molecule has 8 aromatic carbocycles. The largest absolute Gasteiger partial charge is 0.509 e. The summed E-state index contributed by atoms with van der Waals surface area (Å²) >= 11 is 0. The first kappa shape index (κ1) is 31.7. The standard InChI is InChI=1S/C61H49N4O.Pt/c1-60(2,3)45-24-16-21-43(37-45)51-29-18-28-50(42-19-8-6-9-20-42)59(51)64-41-63(55-31-14-15-32-56(55)64)47-25-17-26-48(39-47)66-49-33-34-53-52-27-12-13-30-54(52)65(57(53)40-49)58-38-46(35-36-62-58)61(4,5)44-22-10-7-11-23-44;/h6-38,41H,1-5H3;/q-3;/i6D,8D,9D,12D,13D,19D,20D,27D,30D,35D,36D,38D;. The molecule has 67 heavy (non-hydrogen) atoms. The number of aromatic nitrogens is 2. The third-order valence-corrected chi connectivity index (χ3v) is 12.1. The first-order valence-electron chi connectivity index (χ1n) is 27.6. The van der Waals surface area contributed by atoms with E-state index >= 15 is 0 Å². The maximum atomic E-state index is 9.70. The quantitative estimate of drug-likeness (QED) is 0.135. The fourth-order valence-electron chi connectivity index (χ4n) is 8.63. The van der Waals surface area contributed by atoms with Gasteiger partial charge in [0.1, 0.15) is 5.82 Å². The summed E-state index contributed by atoms with van der Waals surface area (Å²) in [6, 6.07) is 42.1. The number of ether oxygens (including phenoxy) is 1. The van der Waals surface area contributed by atoms with Crippen LogP contribution >= 0.6 is 0 Å². The van der Waals surface area contributed by atoms with Crippen LogP contribution in [0.25, 0.3) is 49.9 Å². The zero-order chi connectivity index (χ0) is 55.4. The minimum atomic E-state index is -0.960. The topological polar surface area (TPSA) is 33.5 Å². The van der Waals surface area contributed by atoms with Gasteiger partial charge in [0.25, 0.3) is 0 Å². The number of hydrogen-bond donors (Lipinski definition) is 0. The number of para-hydroxylation sites is 4. The van der Waals surface area contributed by atoms with Crippen molar-refractivity contribution in [2.24, 2.45) is 0 Å². The number of pyridine rings is 1. The third kappa shape index (κ3) is 8.02. The fourth-order valence-corrected chi connectivity index (χ4v) is 8.63. The Bertz CT molecular complexity index is 4100. The van der Waals surface area contributed by atoms with Crippen molar-refractivity contribution < 1.29 is 42.3 Å². The first-order valence-corrected chi connectivity index (χ1v) is 21.6. The molecule has 5 nitrogen and oxygen atoms in total. The van der Waals surface area contributed by atoms with Gasteiger partial charge >= 0.3 is 0 Å². The Morgan fingerprint density at radius 1 is 0.582 bits per heavy atom. The van der Waals surface area contributed by atoms with E-state index in [1.54, 1.807) is 30.3 Å². The molecule has 0 amide bonds. The number of fused-ring (bicyclic) bond motifs is 4. The third-order valence-electron chi connectivity index (χ3n) is 12.1. The molecule has 0 radical (unpaired) electrons. The van der Waals surface area contributed by atoms with Crippen LogP contribution in [0.2, 0.25) is 0 Å². The second kappa shape index (κ2) is 17.5. The van der Waals surface area contributed by atoms with Gasteiger partial charge in [0, 0.05) is 77.9 Å². The van der Waals surface area contributed by atoms with E-state index in [1.165, 1.54) is 4.57 Å². The molecule has 332 valence electrons. The molecule has 0 saturated heterocycles. The molecular formula is C61H49N4OPt-3. The average molecular weight is 1060 g/mol. The monoisotopic (exact) mass is 1060 g/mol. The van der Waals surface area contributed by atoms with Gasteiger partial charge in [-0.25, -0.2) is 4.98 Å². The Kier molecular flexibility index (Phi) is 8.29. The molecule has 0 bridgehead atoms. The van der Waals surface area contributed by atoms with E-state index < -0.39 is 41.8 Å². The van der Waals surface area contributed by atoms with Crippen LogP contribution in [0.5, 0.6) is 11.5 Å². The van der Waals surface area contributed by atoms with E-state index in [0.29, 0.717) is 22.3 Å². The summed E-state index contributed by atoms with van der Waals surface area (Å²) in [4.78, 5) is 8.37. The van der Waals surface area contributed by atoms with Crippen molar-refractivity contribution in [1.29, 1.82) is 0 Å². The van der Waals surface area contributed by atoms with Crippen molar-refractivity contribution in [3.8, 4) is 39.6 Å². The van der Waals surface area contributed by atoms with E-state index in [9.17, 15) is 2.74 Å². The molecule has 2 aromatic heterocycles. The molecule has 10 aromatic rings. The molecule has 1 aliphatic heterocycles. The van der Waals surface area contributed by atoms with Crippen molar-refractivity contribution in [3.05, 3.63) is 236 Å². The summed E-state index contributed by atoms with van der Waals surface area (Å²) in [6.07, 6.45) is -0.419. The normalized spacial score (nSPS) is 15.1. The van der Waals surface area contributed by atoms with Crippen LogP contribution in [0.3, 0.4) is 0 Å². The average Bonchev–Trinajstić information content (AvgIpc) is 4.23. The van der Waals surface area contributed by atoms with Gasteiger partial charge < -0.3 is 19.1 Å². The molecule has 6 heteroatoms. The summed E-state index contributed by atoms with van der Waals surface area (Å²) in [6.45, 7) is 12.0. The van der Waals surface area contributed by atoms with Crippen molar-refractivity contribution in [1.82, 2.24) is 9.55 Å². The van der Waals surface area contributed by atoms with Crippen molar-refractivity contribution >= 4 is 44.6 Å². The van der Waals surface area contributed by atoms with Crippen LogP contribution in [-0.4, -0.2) is 9.55 Å². The van der Waals surface area contributed by atoms with Gasteiger partial charge in [-0.1, -0.05) is 173 Å². The molecule has 11 rings (SSSR count). The Morgan fingerprint density at radius 2 is 1.25 bits per heavy atom. The summed E-state index contributed by atoms with van der Waals surface area (Å²) < 4.78 is 115. The van der Waals surface area contributed by atoms with Gasteiger partial charge in [0.05, 0.1) is 16.4 Å². The van der Waals surface area contributed by atoms with E-state index in [1.807, 2.05) is 115 Å². The second-order valence-corrected chi connectivity index (χ2v) is 17.7. The van der Waals surface area contributed by atoms with E-state index in [2.05, 4.69) is 50.0 Å². The van der Waals surface area contributed by atoms with Crippen LogP contribution in [0.4, 0.5) is 22.7 Å². The molecule has 0 aliphatic carbocycles. The van der Waals surface area contributed by atoms with Gasteiger partial charge in [-0.3, -0.25) is 0 Å².